The third kappa shape index (κ3) is 3.05. The van der Waals surface area contributed by atoms with E-state index in [4.69, 9.17) is 5.84 Å². The normalized spacial score (nSPS) is 12.1. The Balaban J connectivity index is 2.30. The van der Waals surface area contributed by atoms with Gasteiger partial charge in [0.15, 0.2) is 0 Å². The Morgan fingerprint density at radius 1 is 1.37 bits per heavy atom. The van der Waals surface area contributed by atoms with E-state index in [0.717, 1.165) is 5.56 Å². The van der Waals surface area contributed by atoms with E-state index in [9.17, 15) is 4.79 Å². The number of rotatable bonds is 4. The predicted molar refractivity (Wildman–Crippen MR) is 73.9 cm³/mol. The monoisotopic (exact) mass is 277 g/mol. The van der Waals surface area contributed by atoms with Crippen molar-refractivity contribution in [3.05, 3.63) is 42.2 Å². The summed E-state index contributed by atoms with van der Waals surface area (Å²) in [7, 11) is 3.46. The Hall–Kier alpha value is -2.02. The second kappa shape index (κ2) is 5.75. The van der Waals surface area contributed by atoms with Gasteiger partial charge in [-0.25, -0.2) is 4.68 Å². The fourth-order valence-electron chi connectivity index (χ4n) is 1.55. The van der Waals surface area contributed by atoms with Crippen LogP contribution in [0.3, 0.4) is 0 Å². The molecule has 1 amide bonds. The van der Waals surface area contributed by atoms with Gasteiger partial charge in [-0.2, -0.15) is 0 Å². The molecular formula is C12H15N5OS. The van der Waals surface area contributed by atoms with Crippen LogP contribution in [-0.2, 0) is 4.79 Å². The van der Waals surface area contributed by atoms with Crippen LogP contribution in [0, 0.1) is 0 Å². The van der Waals surface area contributed by atoms with Crippen LogP contribution >= 0.6 is 11.8 Å². The highest BCUT2D eigenvalue weighted by Gasteiger charge is 2.25. The minimum absolute atomic E-state index is 0.0146. The number of nitrogens with two attached hydrogens (primary N) is 1. The number of aromatic nitrogens is 3. The zero-order valence-electron chi connectivity index (χ0n) is 10.7. The molecule has 0 saturated heterocycles. The van der Waals surface area contributed by atoms with Gasteiger partial charge in [0.25, 0.3) is 0 Å². The van der Waals surface area contributed by atoms with E-state index >= 15 is 0 Å². The van der Waals surface area contributed by atoms with Gasteiger partial charge >= 0.3 is 0 Å². The van der Waals surface area contributed by atoms with Gasteiger partial charge in [0, 0.05) is 14.1 Å². The third-order valence-corrected chi connectivity index (χ3v) is 3.74. The number of nitrogen functional groups attached to an aromatic ring is 1. The van der Waals surface area contributed by atoms with E-state index in [0.29, 0.717) is 5.16 Å². The average molecular weight is 277 g/mol. The molecule has 0 fully saturated rings. The zero-order chi connectivity index (χ0) is 13.8. The molecule has 2 N–H and O–H groups in total. The highest BCUT2D eigenvalue weighted by molar-refractivity contribution is 8.00. The number of carbonyl (C=O) groups is 1. The van der Waals surface area contributed by atoms with Crippen LogP contribution in [-0.4, -0.2) is 39.8 Å². The van der Waals surface area contributed by atoms with Gasteiger partial charge < -0.3 is 10.7 Å². The lowest BCUT2D eigenvalue weighted by Gasteiger charge is -2.19. The number of likely N-dealkylation sites (N-methyl/N-ethyl adjacent to an activating group) is 1. The first-order chi connectivity index (χ1) is 9.09. The summed E-state index contributed by atoms with van der Waals surface area (Å²) in [5.74, 6) is 5.67. The fraction of sp³-hybridized carbons (Fsp3) is 0.250. The number of carbonyl (C=O) groups excluding carboxylic acids is 1. The molecule has 1 aromatic heterocycles. The minimum Gasteiger partial charge on any atom is -0.348 e. The lowest BCUT2D eigenvalue weighted by atomic mass is 10.1. The molecule has 0 unspecified atom stereocenters. The van der Waals surface area contributed by atoms with Crippen molar-refractivity contribution in [2.45, 2.75) is 10.4 Å². The van der Waals surface area contributed by atoms with E-state index in [2.05, 4.69) is 10.2 Å². The molecule has 2 rings (SSSR count). The molecule has 1 heterocycles. The summed E-state index contributed by atoms with van der Waals surface area (Å²) in [5, 5.41) is 7.74. The van der Waals surface area contributed by atoms with Crippen LogP contribution in [0.25, 0.3) is 0 Å². The van der Waals surface area contributed by atoms with Crippen molar-refractivity contribution >= 4 is 17.7 Å². The SMILES string of the molecule is CN(C)C(=O)[C@H](Sc1nncn1N)c1ccccc1. The number of thioether (sulfide) groups is 1. The number of amides is 1. The van der Waals surface area contributed by atoms with Crippen molar-refractivity contribution in [1.82, 2.24) is 19.8 Å². The van der Waals surface area contributed by atoms with E-state index < -0.39 is 0 Å². The first-order valence-corrected chi connectivity index (χ1v) is 6.55. The highest BCUT2D eigenvalue weighted by Crippen LogP contribution is 2.34. The van der Waals surface area contributed by atoms with Crippen molar-refractivity contribution in [3.63, 3.8) is 0 Å². The summed E-state index contributed by atoms with van der Waals surface area (Å²) >= 11 is 1.28. The molecule has 0 saturated carbocycles. The molecule has 100 valence electrons. The highest BCUT2D eigenvalue weighted by atomic mass is 32.2. The van der Waals surface area contributed by atoms with Gasteiger partial charge in [-0.3, -0.25) is 4.79 Å². The summed E-state index contributed by atoms with van der Waals surface area (Å²) < 4.78 is 1.31. The molecule has 7 heteroatoms. The molecule has 0 spiro atoms. The van der Waals surface area contributed by atoms with E-state index in [1.807, 2.05) is 30.3 Å². The van der Waals surface area contributed by atoms with Crippen LogP contribution in [0.1, 0.15) is 10.8 Å². The Bertz CT molecular complexity index is 554. The molecule has 6 nitrogen and oxygen atoms in total. The van der Waals surface area contributed by atoms with Gasteiger partial charge in [0.2, 0.25) is 11.1 Å². The molecule has 19 heavy (non-hydrogen) atoms. The third-order valence-electron chi connectivity index (χ3n) is 2.53. The lowest BCUT2D eigenvalue weighted by molar-refractivity contribution is -0.128. The summed E-state index contributed by atoms with van der Waals surface area (Å²) in [5.41, 5.74) is 0.911. The molecule has 0 bridgehead atoms. The smallest absolute Gasteiger partial charge is 0.240 e. The molecule has 0 radical (unpaired) electrons. The number of hydrogen-bond acceptors (Lipinski definition) is 5. The molecule has 0 aliphatic carbocycles. The van der Waals surface area contributed by atoms with Crippen LogP contribution < -0.4 is 5.84 Å². The Morgan fingerprint density at radius 3 is 2.58 bits per heavy atom. The quantitative estimate of drug-likeness (QED) is 0.664. The summed E-state index contributed by atoms with van der Waals surface area (Å²) in [6.45, 7) is 0. The van der Waals surface area contributed by atoms with Gasteiger partial charge in [-0.05, 0) is 5.56 Å². The van der Waals surface area contributed by atoms with Crippen molar-refractivity contribution < 1.29 is 4.79 Å². The van der Waals surface area contributed by atoms with Crippen molar-refractivity contribution in [2.75, 3.05) is 19.9 Å². The van der Waals surface area contributed by atoms with Gasteiger partial charge in [0.05, 0.1) is 0 Å². The number of nitrogens with zero attached hydrogens (tertiary/aromatic N) is 4. The Labute approximate surface area is 115 Å². The lowest BCUT2D eigenvalue weighted by Crippen LogP contribution is -2.27. The van der Waals surface area contributed by atoms with Gasteiger partial charge in [0.1, 0.15) is 11.6 Å². The summed E-state index contributed by atoms with van der Waals surface area (Å²) in [6.07, 6.45) is 1.41. The maximum absolute atomic E-state index is 12.3. The van der Waals surface area contributed by atoms with Crippen molar-refractivity contribution in [1.29, 1.82) is 0 Å². The van der Waals surface area contributed by atoms with E-state index in [1.165, 1.54) is 22.8 Å². The van der Waals surface area contributed by atoms with Crippen molar-refractivity contribution in [2.24, 2.45) is 0 Å². The molecule has 1 atom stereocenters. The number of benzene rings is 1. The van der Waals surface area contributed by atoms with Crippen LogP contribution in [0.4, 0.5) is 0 Å². The fourth-order valence-corrected chi connectivity index (χ4v) is 2.62. The standard InChI is InChI=1S/C12H15N5OS/c1-16(2)11(18)10(9-6-4-3-5-7-9)19-12-15-14-8-17(12)13/h3-8,10H,13H2,1-2H3/t10-/m1/s1. The van der Waals surface area contributed by atoms with Crippen LogP contribution in [0.2, 0.25) is 0 Å². The zero-order valence-corrected chi connectivity index (χ0v) is 11.5. The predicted octanol–water partition coefficient (Wildman–Crippen LogP) is 0.913. The second-order valence-electron chi connectivity index (χ2n) is 4.16. The maximum Gasteiger partial charge on any atom is 0.240 e. The van der Waals surface area contributed by atoms with Gasteiger partial charge in [-0.1, -0.05) is 42.1 Å². The van der Waals surface area contributed by atoms with Crippen LogP contribution in [0.15, 0.2) is 41.8 Å². The second-order valence-corrected chi connectivity index (χ2v) is 5.23. The Morgan fingerprint density at radius 2 is 2.05 bits per heavy atom. The Kier molecular flexibility index (Phi) is 4.06. The molecule has 2 aromatic rings. The minimum atomic E-state index is -0.386. The summed E-state index contributed by atoms with van der Waals surface area (Å²) in [4.78, 5) is 13.8. The average Bonchev–Trinajstić information content (AvgIpc) is 2.81. The molecular weight excluding hydrogens is 262 g/mol. The largest absolute Gasteiger partial charge is 0.348 e. The first kappa shape index (κ1) is 13.4. The summed E-state index contributed by atoms with van der Waals surface area (Å²) in [6, 6.07) is 9.54. The first-order valence-electron chi connectivity index (χ1n) is 5.67. The van der Waals surface area contributed by atoms with E-state index in [1.54, 1.807) is 19.0 Å². The van der Waals surface area contributed by atoms with Crippen molar-refractivity contribution in [3.8, 4) is 0 Å². The van der Waals surface area contributed by atoms with Crippen LogP contribution in [0.5, 0.6) is 0 Å². The molecule has 0 aliphatic rings. The topological polar surface area (TPSA) is 77.0 Å². The number of hydrogen-bond donors (Lipinski definition) is 1. The molecule has 1 aromatic carbocycles. The van der Waals surface area contributed by atoms with E-state index in [-0.39, 0.29) is 11.2 Å². The van der Waals surface area contributed by atoms with Gasteiger partial charge in [-0.15, -0.1) is 10.2 Å². The molecule has 0 aliphatic heterocycles. The maximum atomic E-state index is 12.3.